The van der Waals surface area contributed by atoms with Crippen LogP contribution in [0.2, 0.25) is 5.02 Å². The minimum atomic E-state index is -3.96. The Morgan fingerprint density at radius 1 is 1.06 bits per heavy atom. The zero-order valence-corrected chi connectivity index (χ0v) is 21.8. The van der Waals surface area contributed by atoms with E-state index >= 15 is 0 Å². The van der Waals surface area contributed by atoms with Crippen molar-refractivity contribution < 1.29 is 18.3 Å². The van der Waals surface area contributed by atoms with E-state index in [9.17, 15) is 18.3 Å². The molecule has 1 N–H and O–H groups in total. The first-order valence-electron chi connectivity index (χ1n) is 11.2. The molecule has 1 fully saturated rings. The van der Waals surface area contributed by atoms with E-state index in [1.54, 1.807) is 66.4 Å². The van der Waals surface area contributed by atoms with E-state index in [-0.39, 0.29) is 16.1 Å². The minimum Gasteiger partial charge on any atom is -0.481 e. The molecule has 4 atom stereocenters. The Balaban J connectivity index is 2.19. The Kier molecular flexibility index (Phi) is 8.54. The van der Waals surface area contributed by atoms with Crippen LogP contribution in [0.4, 0.5) is 0 Å². The number of thioether (sulfide) groups is 1. The monoisotopic (exact) mass is 509 g/mol. The van der Waals surface area contributed by atoms with Crippen molar-refractivity contribution in [2.24, 2.45) is 17.8 Å². The lowest BCUT2D eigenvalue weighted by Gasteiger charge is -2.33. The van der Waals surface area contributed by atoms with Crippen molar-refractivity contribution in [2.75, 3.05) is 5.75 Å². The second-order valence-corrected chi connectivity index (χ2v) is 12.8. The van der Waals surface area contributed by atoms with E-state index < -0.39 is 34.0 Å². The number of aliphatic carboxylic acids is 1. The number of benzene rings is 2. The maximum Gasteiger partial charge on any atom is 0.309 e. The van der Waals surface area contributed by atoms with Crippen LogP contribution < -0.4 is 0 Å². The summed E-state index contributed by atoms with van der Waals surface area (Å²) in [6, 6.07) is 13.9. The number of carboxylic acids is 1. The highest BCUT2D eigenvalue weighted by Crippen LogP contribution is 2.51. The molecular weight excluding hydrogens is 478 g/mol. The van der Waals surface area contributed by atoms with Gasteiger partial charge in [0, 0.05) is 16.3 Å². The summed E-state index contributed by atoms with van der Waals surface area (Å²) in [6.07, 6.45) is 0.940. The second kappa shape index (κ2) is 10.8. The molecule has 33 heavy (non-hydrogen) atoms. The lowest BCUT2D eigenvalue weighted by atomic mass is 9.91. The van der Waals surface area contributed by atoms with Crippen molar-refractivity contribution in [2.45, 2.75) is 56.3 Å². The fourth-order valence-corrected chi connectivity index (χ4v) is 8.70. The molecule has 180 valence electrons. The number of nitrogens with zero attached hydrogens (tertiary/aromatic N) is 1. The highest BCUT2D eigenvalue weighted by atomic mass is 35.5. The van der Waals surface area contributed by atoms with Crippen LogP contribution in [0.25, 0.3) is 0 Å². The van der Waals surface area contributed by atoms with Gasteiger partial charge in [0.25, 0.3) is 0 Å². The fraction of sp³-hybridized carbons (Fsp3) is 0.480. The van der Waals surface area contributed by atoms with Crippen LogP contribution >= 0.6 is 23.4 Å². The Hall–Kier alpha value is -1.54. The van der Waals surface area contributed by atoms with Gasteiger partial charge in [-0.1, -0.05) is 69.6 Å². The van der Waals surface area contributed by atoms with Crippen molar-refractivity contribution in [3.8, 4) is 0 Å². The van der Waals surface area contributed by atoms with Gasteiger partial charge in [0.2, 0.25) is 10.0 Å². The van der Waals surface area contributed by atoms with Gasteiger partial charge in [0.05, 0.1) is 16.9 Å². The lowest BCUT2D eigenvalue weighted by Crippen LogP contribution is -2.43. The normalized spacial score (nSPS) is 24.0. The van der Waals surface area contributed by atoms with E-state index in [4.69, 9.17) is 11.6 Å². The maximum absolute atomic E-state index is 14.0. The topological polar surface area (TPSA) is 74.7 Å². The third-order valence-corrected chi connectivity index (χ3v) is 9.68. The number of hydrogen-bond donors (Lipinski definition) is 1. The van der Waals surface area contributed by atoms with Gasteiger partial charge in [-0.3, -0.25) is 4.79 Å². The third kappa shape index (κ3) is 5.59. The molecule has 3 rings (SSSR count). The molecule has 2 aromatic carbocycles. The van der Waals surface area contributed by atoms with E-state index in [1.807, 2.05) is 13.8 Å². The molecule has 0 spiro atoms. The number of hydrogen-bond acceptors (Lipinski definition) is 4. The van der Waals surface area contributed by atoms with Crippen LogP contribution in [-0.4, -0.2) is 40.8 Å². The molecule has 1 aliphatic rings. The van der Waals surface area contributed by atoms with E-state index in [0.717, 1.165) is 12.2 Å². The van der Waals surface area contributed by atoms with Gasteiger partial charge in [-0.05, 0) is 53.8 Å². The third-order valence-electron chi connectivity index (χ3n) is 6.10. The van der Waals surface area contributed by atoms with Gasteiger partial charge in [0.1, 0.15) is 0 Å². The average molecular weight is 510 g/mol. The van der Waals surface area contributed by atoms with Gasteiger partial charge in [-0.25, -0.2) is 8.42 Å². The number of sulfonamides is 1. The van der Waals surface area contributed by atoms with Gasteiger partial charge in [0.15, 0.2) is 0 Å². The summed E-state index contributed by atoms with van der Waals surface area (Å²) in [4.78, 5) is 12.8. The average Bonchev–Trinajstić information content (AvgIpc) is 3.11. The number of rotatable bonds is 9. The van der Waals surface area contributed by atoms with Gasteiger partial charge in [-0.15, -0.1) is 0 Å². The maximum atomic E-state index is 14.0. The molecule has 1 unspecified atom stereocenters. The van der Waals surface area contributed by atoms with E-state index in [1.165, 1.54) is 4.31 Å². The van der Waals surface area contributed by atoms with Crippen LogP contribution in [0.1, 0.15) is 45.7 Å². The number of carboxylic acid groups (broad SMARTS) is 1. The predicted octanol–water partition coefficient (Wildman–Crippen LogP) is 5.96. The number of halogens is 1. The standard InChI is InChI=1S/C25H32ClNO4S2/c1-16(2)14-15-32-24-21(25(28)29)23(18-10-12-19(26)13-11-18)27(22(24)17(3)4)33(30,31)20-8-6-5-7-9-20/h5-13,16-17,21-24H,14-15H2,1-4H3,(H,28,29)/t21-,22+,23?,24-/m0/s1. The molecule has 1 aliphatic heterocycles. The van der Waals surface area contributed by atoms with Crippen LogP contribution in [0.3, 0.4) is 0 Å². The summed E-state index contributed by atoms with van der Waals surface area (Å²) in [7, 11) is -3.96. The predicted molar refractivity (Wildman–Crippen MR) is 135 cm³/mol. The SMILES string of the molecule is CC(C)CCS[C@@H]1[C@@H](C(C)C)N(S(=O)(=O)c2ccccc2)C(c2ccc(Cl)cc2)[C@@H]1C(=O)O. The highest BCUT2D eigenvalue weighted by molar-refractivity contribution is 8.00. The van der Waals surface area contributed by atoms with E-state index in [0.29, 0.717) is 16.5 Å². The van der Waals surface area contributed by atoms with Crippen molar-refractivity contribution in [3.63, 3.8) is 0 Å². The molecule has 0 saturated carbocycles. The summed E-state index contributed by atoms with van der Waals surface area (Å²) >= 11 is 7.68. The first-order chi connectivity index (χ1) is 15.6. The van der Waals surface area contributed by atoms with Crippen LogP contribution in [0.5, 0.6) is 0 Å². The first-order valence-corrected chi connectivity index (χ1v) is 14.1. The highest BCUT2D eigenvalue weighted by Gasteiger charge is 2.58. The van der Waals surface area contributed by atoms with Crippen molar-refractivity contribution in [1.82, 2.24) is 4.31 Å². The van der Waals surface area contributed by atoms with Crippen LogP contribution in [0, 0.1) is 17.8 Å². The van der Waals surface area contributed by atoms with Gasteiger partial charge in [-0.2, -0.15) is 16.1 Å². The molecule has 1 saturated heterocycles. The van der Waals surface area contributed by atoms with Crippen LogP contribution in [0.15, 0.2) is 59.5 Å². The van der Waals surface area contributed by atoms with Crippen molar-refractivity contribution in [3.05, 3.63) is 65.2 Å². The molecule has 8 heteroatoms. The summed E-state index contributed by atoms with van der Waals surface area (Å²) in [5.41, 5.74) is 0.643. The Morgan fingerprint density at radius 3 is 2.18 bits per heavy atom. The van der Waals surface area contributed by atoms with Crippen LogP contribution in [-0.2, 0) is 14.8 Å². The zero-order valence-electron chi connectivity index (χ0n) is 19.4. The number of carbonyl (C=O) groups is 1. The molecule has 5 nitrogen and oxygen atoms in total. The van der Waals surface area contributed by atoms with Gasteiger partial charge < -0.3 is 5.11 Å². The minimum absolute atomic E-state index is 0.0702. The lowest BCUT2D eigenvalue weighted by molar-refractivity contribution is -0.142. The summed E-state index contributed by atoms with van der Waals surface area (Å²) in [6.45, 7) is 8.20. The van der Waals surface area contributed by atoms with Crippen molar-refractivity contribution >= 4 is 39.4 Å². The molecule has 0 bridgehead atoms. The molecule has 0 aromatic heterocycles. The second-order valence-electron chi connectivity index (χ2n) is 9.26. The molecule has 0 radical (unpaired) electrons. The fourth-order valence-electron chi connectivity index (χ4n) is 4.51. The molecule has 2 aromatic rings. The molecule has 0 amide bonds. The van der Waals surface area contributed by atoms with E-state index in [2.05, 4.69) is 13.8 Å². The summed E-state index contributed by atoms with van der Waals surface area (Å²) in [5.74, 6) is -0.667. The Labute approximate surface area is 206 Å². The van der Waals surface area contributed by atoms with Gasteiger partial charge >= 0.3 is 5.97 Å². The molecule has 1 heterocycles. The first kappa shape index (κ1) is 26.1. The molecule has 0 aliphatic carbocycles. The Morgan fingerprint density at radius 2 is 1.67 bits per heavy atom. The van der Waals surface area contributed by atoms with Crippen molar-refractivity contribution in [1.29, 1.82) is 0 Å². The molecular formula is C25H32ClNO4S2. The summed E-state index contributed by atoms with van der Waals surface area (Å²) in [5, 5.41) is 10.5. The summed E-state index contributed by atoms with van der Waals surface area (Å²) < 4.78 is 29.5. The zero-order chi connectivity index (χ0) is 24.3. The quantitative estimate of drug-likeness (QED) is 0.451. The smallest absolute Gasteiger partial charge is 0.309 e. The largest absolute Gasteiger partial charge is 0.481 e. The Bertz CT molecular complexity index is 1040.